The van der Waals surface area contributed by atoms with Gasteiger partial charge in [-0.1, -0.05) is 13.8 Å². The standard InChI is InChI=1S/C28H42N4O10/c1-9-37-14-18(15-38-10-2)41-28(35)42-26(16(4)5)32-30-23(24(31-32)27(34)39-11-3)25(33)19-12-22(40-17(6)7)21(36-8)13-20(19)29/h12-13,16-18,26H,9-11,14-15,29H2,1-8H3. The molecule has 1 heterocycles. The molecule has 2 rings (SSSR count). The molecule has 1 atom stereocenters. The van der Waals surface area contributed by atoms with E-state index in [1.807, 2.05) is 27.7 Å². The first kappa shape index (κ1) is 34.3. The average molecular weight is 595 g/mol. The maximum atomic E-state index is 13.7. The molecule has 2 N–H and O–H groups in total. The van der Waals surface area contributed by atoms with Gasteiger partial charge in [-0.3, -0.25) is 4.79 Å². The molecule has 0 fully saturated rings. The van der Waals surface area contributed by atoms with Crippen molar-refractivity contribution in [1.82, 2.24) is 15.0 Å². The van der Waals surface area contributed by atoms with E-state index < -0.39 is 36.2 Å². The van der Waals surface area contributed by atoms with Crippen molar-refractivity contribution >= 4 is 23.6 Å². The molecule has 0 bridgehead atoms. The van der Waals surface area contributed by atoms with Crippen molar-refractivity contribution in [1.29, 1.82) is 0 Å². The summed E-state index contributed by atoms with van der Waals surface area (Å²) in [6.07, 6.45) is -3.13. The molecule has 0 saturated heterocycles. The molecule has 14 nitrogen and oxygen atoms in total. The van der Waals surface area contributed by atoms with Gasteiger partial charge in [0.2, 0.25) is 17.7 Å². The summed E-state index contributed by atoms with van der Waals surface area (Å²) in [7, 11) is 1.45. The smallest absolute Gasteiger partial charge is 0.493 e. The lowest BCUT2D eigenvalue weighted by atomic mass is 10.0. The maximum Gasteiger partial charge on any atom is 0.510 e. The van der Waals surface area contributed by atoms with Crippen molar-refractivity contribution in [2.24, 2.45) is 5.92 Å². The van der Waals surface area contributed by atoms with Crippen LogP contribution in [-0.2, 0) is 23.7 Å². The molecule has 234 valence electrons. The van der Waals surface area contributed by atoms with Gasteiger partial charge in [-0.05, 0) is 40.7 Å². The minimum atomic E-state index is -1.15. The molecular weight excluding hydrogens is 552 g/mol. The first-order chi connectivity index (χ1) is 20.0. The van der Waals surface area contributed by atoms with E-state index in [9.17, 15) is 14.4 Å². The van der Waals surface area contributed by atoms with Gasteiger partial charge in [0.15, 0.2) is 23.3 Å². The van der Waals surface area contributed by atoms with Gasteiger partial charge < -0.3 is 38.9 Å². The van der Waals surface area contributed by atoms with Crippen LogP contribution in [0.15, 0.2) is 12.1 Å². The third-order valence-corrected chi connectivity index (χ3v) is 5.55. The predicted molar refractivity (Wildman–Crippen MR) is 151 cm³/mol. The zero-order valence-corrected chi connectivity index (χ0v) is 25.5. The van der Waals surface area contributed by atoms with E-state index in [1.165, 1.54) is 19.2 Å². The molecule has 14 heteroatoms. The second-order valence-electron chi connectivity index (χ2n) is 9.59. The monoisotopic (exact) mass is 594 g/mol. The number of nitrogens with zero attached hydrogens (tertiary/aromatic N) is 3. The van der Waals surface area contributed by atoms with Gasteiger partial charge in [0.05, 0.1) is 38.6 Å². The van der Waals surface area contributed by atoms with Crippen LogP contribution < -0.4 is 15.2 Å². The summed E-state index contributed by atoms with van der Waals surface area (Å²) < 4.78 is 37.9. The van der Waals surface area contributed by atoms with Crippen molar-refractivity contribution in [3.05, 3.63) is 29.1 Å². The summed E-state index contributed by atoms with van der Waals surface area (Å²) >= 11 is 0. The van der Waals surface area contributed by atoms with Crippen LogP contribution in [0.4, 0.5) is 10.5 Å². The third-order valence-electron chi connectivity index (χ3n) is 5.55. The number of methoxy groups -OCH3 is 1. The van der Waals surface area contributed by atoms with Gasteiger partial charge >= 0.3 is 12.1 Å². The molecule has 2 aromatic rings. The predicted octanol–water partition coefficient (Wildman–Crippen LogP) is 3.81. The Balaban J connectivity index is 2.49. The van der Waals surface area contributed by atoms with E-state index in [0.717, 1.165) is 4.80 Å². The van der Waals surface area contributed by atoms with Crippen LogP contribution in [-0.4, -0.2) is 85.3 Å². The third kappa shape index (κ3) is 9.31. The van der Waals surface area contributed by atoms with Crippen LogP contribution in [0, 0.1) is 5.92 Å². The number of carbonyl (C=O) groups excluding carboxylic acids is 3. The number of benzene rings is 1. The number of carbonyl (C=O) groups is 3. The first-order valence-corrected chi connectivity index (χ1v) is 13.8. The van der Waals surface area contributed by atoms with Gasteiger partial charge in [-0.2, -0.15) is 0 Å². The van der Waals surface area contributed by atoms with Crippen molar-refractivity contribution in [2.75, 3.05) is 45.9 Å². The highest BCUT2D eigenvalue weighted by atomic mass is 16.7. The normalized spacial score (nSPS) is 12.0. The largest absolute Gasteiger partial charge is 0.510 e. The number of anilines is 1. The summed E-state index contributed by atoms with van der Waals surface area (Å²) in [6.45, 7) is 13.4. The van der Waals surface area contributed by atoms with Crippen LogP contribution in [0.25, 0.3) is 0 Å². The van der Waals surface area contributed by atoms with Gasteiger partial charge in [-0.25, -0.2) is 9.59 Å². The van der Waals surface area contributed by atoms with E-state index in [4.69, 9.17) is 38.9 Å². The number of esters is 1. The second-order valence-corrected chi connectivity index (χ2v) is 9.59. The summed E-state index contributed by atoms with van der Waals surface area (Å²) in [5, 5.41) is 8.46. The summed E-state index contributed by atoms with van der Waals surface area (Å²) in [4.78, 5) is 40.3. The van der Waals surface area contributed by atoms with Crippen molar-refractivity contribution < 1.29 is 47.5 Å². The quantitative estimate of drug-likeness (QED) is 0.159. The van der Waals surface area contributed by atoms with Gasteiger partial charge in [-0.15, -0.1) is 15.0 Å². The molecular formula is C28H42N4O10. The molecule has 0 spiro atoms. The lowest BCUT2D eigenvalue weighted by Crippen LogP contribution is -2.32. The van der Waals surface area contributed by atoms with Crippen LogP contribution in [0.2, 0.25) is 0 Å². The van der Waals surface area contributed by atoms with Crippen LogP contribution in [0.3, 0.4) is 0 Å². The topological polar surface area (TPSA) is 173 Å². The van der Waals surface area contributed by atoms with Crippen LogP contribution >= 0.6 is 0 Å². The highest BCUT2D eigenvalue weighted by molar-refractivity contribution is 6.15. The van der Waals surface area contributed by atoms with Crippen LogP contribution in [0.1, 0.15) is 81.2 Å². The number of ether oxygens (including phenoxy) is 7. The number of rotatable bonds is 17. The Morgan fingerprint density at radius 2 is 1.50 bits per heavy atom. The Morgan fingerprint density at radius 1 is 0.881 bits per heavy atom. The Kier molecular flexibility index (Phi) is 13.5. The summed E-state index contributed by atoms with van der Waals surface area (Å²) in [6, 6.07) is 2.85. The fraction of sp³-hybridized carbons (Fsp3) is 0.607. The number of ketones is 1. The second kappa shape index (κ2) is 16.5. The van der Waals surface area contributed by atoms with Crippen LogP contribution in [0.5, 0.6) is 11.5 Å². The molecule has 42 heavy (non-hydrogen) atoms. The van der Waals surface area contributed by atoms with E-state index >= 15 is 0 Å². The molecule has 1 aromatic carbocycles. The molecule has 0 aliphatic heterocycles. The van der Waals surface area contributed by atoms with E-state index in [2.05, 4.69) is 10.2 Å². The first-order valence-electron chi connectivity index (χ1n) is 13.8. The Hall–Kier alpha value is -3.91. The molecule has 1 aromatic heterocycles. The summed E-state index contributed by atoms with van der Waals surface area (Å²) in [5.41, 5.74) is 5.51. The highest BCUT2D eigenvalue weighted by Gasteiger charge is 2.33. The minimum Gasteiger partial charge on any atom is -0.493 e. The Labute approximate surface area is 245 Å². The number of aromatic nitrogens is 3. The molecule has 0 amide bonds. The number of nitrogens with two attached hydrogens (primary N) is 1. The zero-order chi connectivity index (χ0) is 31.4. The fourth-order valence-corrected chi connectivity index (χ4v) is 3.66. The molecule has 0 aliphatic carbocycles. The van der Waals surface area contributed by atoms with Gasteiger partial charge in [0.1, 0.15) is 0 Å². The minimum absolute atomic E-state index is 0.000151. The molecule has 1 unspecified atom stereocenters. The SMILES string of the molecule is CCOCC(COCC)OC(=O)OC(C(C)C)n1nc(C(=O)OCC)c(C(=O)c2cc(OC(C)C)c(OC)cc2N)n1. The van der Waals surface area contributed by atoms with Gasteiger partial charge in [0, 0.05) is 30.9 Å². The highest BCUT2D eigenvalue weighted by Crippen LogP contribution is 2.34. The van der Waals surface area contributed by atoms with Crippen molar-refractivity contribution in [3.8, 4) is 11.5 Å². The van der Waals surface area contributed by atoms with Gasteiger partial charge in [0.25, 0.3) is 0 Å². The van der Waals surface area contributed by atoms with Crippen molar-refractivity contribution in [3.63, 3.8) is 0 Å². The maximum absolute atomic E-state index is 13.7. The number of nitrogen functional groups attached to an aromatic ring is 1. The lowest BCUT2D eigenvalue weighted by molar-refractivity contribution is -0.0812. The Morgan fingerprint density at radius 3 is 2.02 bits per heavy atom. The van der Waals surface area contributed by atoms with E-state index in [-0.39, 0.29) is 54.3 Å². The molecule has 0 radical (unpaired) electrons. The fourth-order valence-electron chi connectivity index (χ4n) is 3.66. The van der Waals surface area contributed by atoms with E-state index in [1.54, 1.807) is 20.8 Å². The Bertz CT molecular complexity index is 1190. The lowest BCUT2D eigenvalue weighted by Gasteiger charge is -2.22. The zero-order valence-electron chi connectivity index (χ0n) is 25.5. The summed E-state index contributed by atoms with van der Waals surface area (Å²) in [5.74, 6) is -1.42. The number of hydrogen-bond acceptors (Lipinski definition) is 13. The average Bonchev–Trinajstić information content (AvgIpc) is 3.38. The number of hydrogen-bond donors (Lipinski definition) is 1. The van der Waals surface area contributed by atoms with E-state index in [0.29, 0.717) is 19.0 Å². The van der Waals surface area contributed by atoms with Crippen molar-refractivity contribution in [2.45, 2.75) is 66.9 Å². The molecule has 0 saturated carbocycles. The molecule has 0 aliphatic rings.